The van der Waals surface area contributed by atoms with Crippen LogP contribution in [-0.4, -0.2) is 14.2 Å². The summed E-state index contributed by atoms with van der Waals surface area (Å²) in [4.78, 5) is 0. The first-order valence-electron chi connectivity index (χ1n) is 9.32. The fourth-order valence-electron chi connectivity index (χ4n) is 4.15. The van der Waals surface area contributed by atoms with Gasteiger partial charge in [0.2, 0.25) is 0 Å². The first-order chi connectivity index (χ1) is 13.3. The molecular weight excluding hydrogens is 368 g/mol. The number of benzene rings is 2. The van der Waals surface area contributed by atoms with Crippen LogP contribution in [0.15, 0.2) is 92.7 Å². The molecular formula is C24H24O2Ti. The van der Waals surface area contributed by atoms with Crippen LogP contribution in [0.5, 0.6) is 11.5 Å². The Balaban J connectivity index is 1.98. The maximum atomic E-state index is 5.42. The SMILES string of the molecule is COc1cc[c]([Ti]([C]2=CCC=C2)([C]2=CCC=C2)[c]2ccc(OC)cc2)cc1. The van der Waals surface area contributed by atoms with Gasteiger partial charge in [-0.05, 0) is 0 Å². The van der Waals surface area contributed by atoms with Crippen LogP contribution in [0.4, 0.5) is 0 Å². The molecule has 2 aliphatic rings. The molecule has 0 radical (unpaired) electrons. The number of ether oxygens (including phenoxy) is 2. The van der Waals surface area contributed by atoms with Gasteiger partial charge in [-0.2, -0.15) is 0 Å². The quantitative estimate of drug-likeness (QED) is 0.675. The van der Waals surface area contributed by atoms with E-state index < -0.39 is 16.6 Å². The number of allylic oxidation sites excluding steroid dienone is 8. The summed E-state index contributed by atoms with van der Waals surface area (Å²) >= 11 is -3.01. The Hall–Kier alpha value is -2.29. The van der Waals surface area contributed by atoms with Crippen molar-refractivity contribution in [3.63, 3.8) is 0 Å². The van der Waals surface area contributed by atoms with E-state index in [2.05, 4.69) is 85.0 Å². The summed E-state index contributed by atoms with van der Waals surface area (Å²) in [6, 6.07) is 17.4. The van der Waals surface area contributed by atoms with Gasteiger partial charge in [0.25, 0.3) is 0 Å². The summed E-state index contributed by atoms with van der Waals surface area (Å²) < 4.78 is 16.7. The van der Waals surface area contributed by atoms with Gasteiger partial charge in [0.15, 0.2) is 0 Å². The second kappa shape index (κ2) is 7.76. The van der Waals surface area contributed by atoms with Gasteiger partial charge in [-0.15, -0.1) is 0 Å². The first kappa shape index (κ1) is 18.1. The summed E-state index contributed by atoms with van der Waals surface area (Å²) in [6.45, 7) is 0. The molecule has 27 heavy (non-hydrogen) atoms. The normalized spacial score (nSPS) is 15.6. The maximum absolute atomic E-state index is 5.42. The minimum absolute atomic E-state index is 0.900. The van der Waals surface area contributed by atoms with Crippen molar-refractivity contribution in [1.82, 2.24) is 0 Å². The summed E-state index contributed by atoms with van der Waals surface area (Å²) in [5.41, 5.74) is 0. The second-order valence-corrected chi connectivity index (χ2v) is 12.8. The van der Waals surface area contributed by atoms with Gasteiger partial charge in [0, 0.05) is 0 Å². The Bertz CT molecular complexity index is 852. The van der Waals surface area contributed by atoms with Crippen LogP contribution >= 0.6 is 0 Å². The van der Waals surface area contributed by atoms with Crippen molar-refractivity contribution in [2.75, 3.05) is 14.2 Å². The van der Waals surface area contributed by atoms with E-state index in [4.69, 9.17) is 9.47 Å². The number of hydrogen-bond donors (Lipinski definition) is 0. The Morgan fingerprint density at radius 2 is 1.04 bits per heavy atom. The van der Waals surface area contributed by atoms with Crippen molar-refractivity contribution in [2.24, 2.45) is 0 Å². The van der Waals surface area contributed by atoms with Crippen LogP contribution in [0.2, 0.25) is 0 Å². The van der Waals surface area contributed by atoms with Crippen LogP contribution in [0.3, 0.4) is 0 Å². The Labute approximate surface area is 164 Å². The Kier molecular flexibility index (Phi) is 5.20. The third-order valence-electron chi connectivity index (χ3n) is 5.45. The standard InChI is InChI=1S/2C7H7O.2C5H5.Ti/c2*1-8-7-5-3-2-4-6-7;2*1-2-4-5-3-1;/h2*3-6H,1H3;2*1-2,5H,3H2;. The molecule has 0 aromatic heterocycles. The molecule has 0 amide bonds. The van der Waals surface area contributed by atoms with Crippen molar-refractivity contribution in [2.45, 2.75) is 12.8 Å². The van der Waals surface area contributed by atoms with E-state index in [1.807, 2.05) is 0 Å². The van der Waals surface area contributed by atoms with E-state index in [1.54, 1.807) is 14.2 Å². The number of rotatable bonds is 6. The summed E-state index contributed by atoms with van der Waals surface area (Å²) in [5, 5.41) is 0. The molecule has 136 valence electrons. The van der Waals surface area contributed by atoms with Crippen LogP contribution in [0.1, 0.15) is 12.8 Å². The Morgan fingerprint density at radius 1 is 0.630 bits per heavy atom. The van der Waals surface area contributed by atoms with Crippen molar-refractivity contribution >= 4 is 7.74 Å². The van der Waals surface area contributed by atoms with Crippen molar-refractivity contribution in [3.05, 3.63) is 92.7 Å². The number of hydrogen-bond acceptors (Lipinski definition) is 2. The average Bonchev–Trinajstić information content (AvgIpc) is 3.45. The third-order valence-corrected chi connectivity index (χ3v) is 13.1. The molecule has 2 aromatic carbocycles. The molecule has 2 nitrogen and oxygen atoms in total. The zero-order valence-electron chi connectivity index (χ0n) is 15.8. The van der Waals surface area contributed by atoms with E-state index in [0.717, 1.165) is 24.3 Å². The van der Waals surface area contributed by atoms with Gasteiger partial charge in [0.05, 0.1) is 0 Å². The van der Waals surface area contributed by atoms with Gasteiger partial charge in [-0.25, -0.2) is 0 Å². The van der Waals surface area contributed by atoms with E-state index in [-0.39, 0.29) is 0 Å². The van der Waals surface area contributed by atoms with Gasteiger partial charge in [-0.3, -0.25) is 0 Å². The molecule has 2 aromatic rings. The molecule has 2 aliphatic carbocycles. The van der Waals surface area contributed by atoms with E-state index in [9.17, 15) is 0 Å². The molecule has 0 saturated heterocycles. The van der Waals surface area contributed by atoms with Crippen LogP contribution in [0, 0.1) is 0 Å². The number of methoxy groups -OCH3 is 2. The van der Waals surface area contributed by atoms with Crippen LogP contribution < -0.4 is 17.2 Å². The van der Waals surface area contributed by atoms with Gasteiger partial charge >= 0.3 is 165 Å². The monoisotopic (exact) mass is 392 g/mol. The van der Waals surface area contributed by atoms with Gasteiger partial charge in [0.1, 0.15) is 0 Å². The molecule has 0 unspecified atom stereocenters. The molecule has 0 spiro atoms. The van der Waals surface area contributed by atoms with Crippen molar-refractivity contribution in [1.29, 1.82) is 0 Å². The third kappa shape index (κ3) is 3.14. The minimum atomic E-state index is -3.01. The molecule has 0 aliphatic heterocycles. The van der Waals surface area contributed by atoms with Gasteiger partial charge < -0.3 is 0 Å². The molecule has 3 heteroatoms. The Morgan fingerprint density at radius 3 is 1.33 bits per heavy atom. The summed E-state index contributed by atoms with van der Waals surface area (Å²) in [7, 11) is 3.44. The zero-order chi connectivity index (χ0) is 18.7. The topological polar surface area (TPSA) is 18.5 Å². The van der Waals surface area contributed by atoms with Crippen molar-refractivity contribution in [3.8, 4) is 11.5 Å². The second-order valence-electron chi connectivity index (χ2n) is 6.80. The molecule has 0 bridgehead atoms. The molecule has 0 heterocycles. The fraction of sp³-hybridized carbons (Fsp3) is 0.167. The molecule has 4 rings (SSSR count). The van der Waals surface area contributed by atoms with E-state index in [1.165, 1.54) is 15.5 Å². The fourth-order valence-corrected chi connectivity index (χ4v) is 11.8. The van der Waals surface area contributed by atoms with E-state index >= 15 is 0 Å². The van der Waals surface area contributed by atoms with Crippen LogP contribution in [-0.2, 0) is 16.6 Å². The zero-order valence-corrected chi connectivity index (χ0v) is 17.4. The van der Waals surface area contributed by atoms with Crippen molar-refractivity contribution < 1.29 is 26.1 Å². The molecule has 0 atom stereocenters. The molecule has 0 saturated carbocycles. The molecule has 0 N–H and O–H groups in total. The summed E-state index contributed by atoms with van der Waals surface area (Å²) in [5.74, 6) is 1.80. The van der Waals surface area contributed by atoms with Crippen LogP contribution in [0.25, 0.3) is 0 Å². The summed E-state index contributed by atoms with van der Waals surface area (Å²) in [6.07, 6.45) is 16.1. The first-order valence-corrected chi connectivity index (χ1v) is 12.4. The van der Waals surface area contributed by atoms with Gasteiger partial charge in [-0.1, -0.05) is 0 Å². The average molecular weight is 392 g/mol. The molecule has 0 fully saturated rings. The predicted molar refractivity (Wildman–Crippen MR) is 109 cm³/mol. The predicted octanol–water partition coefficient (Wildman–Crippen LogP) is 4.50. The van der Waals surface area contributed by atoms with E-state index in [0.29, 0.717) is 0 Å².